The van der Waals surface area contributed by atoms with Gasteiger partial charge in [0.25, 0.3) is 0 Å². The Morgan fingerprint density at radius 3 is 2.57 bits per heavy atom. The van der Waals surface area contributed by atoms with Crippen molar-refractivity contribution in [2.24, 2.45) is 0 Å². The van der Waals surface area contributed by atoms with E-state index in [0.29, 0.717) is 23.2 Å². The Morgan fingerprint density at radius 2 is 1.87 bits per heavy atom. The number of rotatable bonds is 5. The van der Waals surface area contributed by atoms with Crippen molar-refractivity contribution in [1.82, 2.24) is 19.2 Å². The number of aromatic nitrogens is 4. The standard InChI is InChI=1S/C22H28N6O2/c1-15-11-16(2)13-17(12-15)24-19(29)14-28-22(30)27-10-9-23-20(21(27)25-28)26(3)18-7-5-4-6-8-18/h9-13,18H,4-8,14H2,1-3H3,(H,24,29). The summed E-state index contributed by atoms with van der Waals surface area (Å²) in [5, 5.41) is 7.31. The molecule has 30 heavy (non-hydrogen) atoms. The Kier molecular flexibility index (Phi) is 5.57. The van der Waals surface area contributed by atoms with E-state index in [4.69, 9.17) is 0 Å². The minimum Gasteiger partial charge on any atom is -0.354 e. The second-order valence-corrected chi connectivity index (χ2v) is 8.21. The third kappa shape index (κ3) is 4.08. The van der Waals surface area contributed by atoms with Gasteiger partial charge in [0.2, 0.25) is 11.6 Å². The lowest BCUT2D eigenvalue weighted by molar-refractivity contribution is -0.117. The molecule has 1 aromatic carbocycles. The maximum absolute atomic E-state index is 12.8. The van der Waals surface area contributed by atoms with Gasteiger partial charge < -0.3 is 10.2 Å². The fraction of sp³-hybridized carbons (Fsp3) is 0.455. The lowest BCUT2D eigenvalue weighted by Gasteiger charge is -2.31. The average Bonchev–Trinajstić information content (AvgIpc) is 3.03. The largest absolute Gasteiger partial charge is 0.354 e. The van der Waals surface area contributed by atoms with Gasteiger partial charge in [-0.15, -0.1) is 5.10 Å². The first kappa shape index (κ1) is 20.1. The Morgan fingerprint density at radius 1 is 1.17 bits per heavy atom. The summed E-state index contributed by atoms with van der Waals surface area (Å²) >= 11 is 0. The number of benzene rings is 1. The summed E-state index contributed by atoms with van der Waals surface area (Å²) in [6.07, 6.45) is 9.12. The highest BCUT2D eigenvalue weighted by Crippen LogP contribution is 2.26. The van der Waals surface area contributed by atoms with Gasteiger partial charge in [-0.3, -0.25) is 4.79 Å². The third-order valence-corrected chi connectivity index (χ3v) is 5.74. The van der Waals surface area contributed by atoms with Crippen LogP contribution in [-0.4, -0.2) is 38.2 Å². The highest BCUT2D eigenvalue weighted by atomic mass is 16.2. The van der Waals surface area contributed by atoms with Gasteiger partial charge in [-0.05, 0) is 49.9 Å². The van der Waals surface area contributed by atoms with Crippen LogP contribution in [0.5, 0.6) is 0 Å². The number of carbonyl (C=O) groups is 1. The summed E-state index contributed by atoms with van der Waals surface area (Å²) in [6.45, 7) is 3.80. The van der Waals surface area contributed by atoms with Gasteiger partial charge in [0.05, 0.1) is 0 Å². The smallest absolute Gasteiger partial charge is 0.350 e. The van der Waals surface area contributed by atoms with Gasteiger partial charge in [-0.25, -0.2) is 18.9 Å². The number of fused-ring (bicyclic) bond motifs is 1. The predicted octanol–water partition coefficient (Wildman–Crippen LogP) is 2.92. The number of carbonyl (C=O) groups excluding carboxylic acids is 1. The zero-order chi connectivity index (χ0) is 21.3. The molecule has 0 aliphatic heterocycles. The fourth-order valence-corrected chi connectivity index (χ4v) is 4.31. The number of nitrogens with zero attached hydrogens (tertiary/aromatic N) is 5. The number of hydrogen-bond acceptors (Lipinski definition) is 5. The van der Waals surface area contributed by atoms with Crippen molar-refractivity contribution in [3.8, 4) is 0 Å². The van der Waals surface area contributed by atoms with Crippen molar-refractivity contribution < 1.29 is 4.79 Å². The molecule has 1 N–H and O–H groups in total. The van der Waals surface area contributed by atoms with Crippen molar-refractivity contribution in [2.75, 3.05) is 17.3 Å². The zero-order valence-corrected chi connectivity index (χ0v) is 17.8. The molecule has 0 spiro atoms. The molecule has 0 unspecified atom stereocenters. The molecule has 2 aromatic heterocycles. The first-order chi connectivity index (χ1) is 14.4. The third-order valence-electron chi connectivity index (χ3n) is 5.74. The monoisotopic (exact) mass is 408 g/mol. The Balaban J connectivity index is 1.58. The molecule has 0 saturated heterocycles. The van der Waals surface area contributed by atoms with E-state index >= 15 is 0 Å². The highest BCUT2D eigenvalue weighted by molar-refractivity contribution is 5.90. The van der Waals surface area contributed by atoms with E-state index in [1.165, 1.54) is 28.3 Å². The first-order valence-corrected chi connectivity index (χ1v) is 10.5. The quantitative estimate of drug-likeness (QED) is 0.702. The molecule has 8 heteroatoms. The molecule has 3 aromatic rings. The van der Waals surface area contributed by atoms with Crippen LogP contribution in [0, 0.1) is 13.8 Å². The molecule has 0 radical (unpaired) electrons. The van der Waals surface area contributed by atoms with Gasteiger partial charge in [0, 0.05) is 31.2 Å². The van der Waals surface area contributed by atoms with Gasteiger partial charge in [-0.2, -0.15) is 0 Å². The summed E-state index contributed by atoms with van der Waals surface area (Å²) in [6, 6.07) is 6.24. The minimum atomic E-state index is -0.346. The number of hydrogen-bond donors (Lipinski definition) is 1. The molecule has 2 heterocycles. The van der Waals surface area contributed by atoms with Gasteiger partial charge in [0.15, 0.2) is 5.82 Å². The van der Waals surface area contributed by atoms with Crippen LogP contribution >= 0.6 is 0 Å². The van der Waals surface area contributed by atoms with Crippen molar-refractivity contribution in [1.29, 1.82) is 0 Å². The lowest BCUT2D eigenvalue weighted by Crippen LogP contribution is -2.34. The van der Waals surface area contributed by atoms with Gasteiger partial charge in [0.1, 0.15) is 6.54 Å². The van der Waals surface area contributed by atoms with E-state index < -0.39 is 0 Å². The molecule has 158 valence electrons. The second kappa shape index (κ2) is 8.30. The average molecular weight is 409 g/mol. The molecule has 1 saturated carbocycles. The molecule has 1 amide bonds. The second-order valence-electron chi connectivity index (χ2n) is 8.21. The summed E-state index contributed by atoms with van der Waals surface area (Å²) in [7, 11) is 2.01. The molecule has 1 aliphatic rings. The Hall–Kier alpha value is -3.16. The number of aryl methyl sites for hydroxylation is 2. The van der Waals surface area contributed by atoms with E-state index in [1.54, 1.807) is 12.4 Å². The maximum Gasteiger partial charge on any atom is 0.350 e. The zero-order valence-electron chi connectivity index (χ0n) is 17.8. The van der Waals surface area contributed by atoms with E-state index in [9.17, 15) is 9.59 Å². The van der Waals surface area contributed by atoms with Crippen LogP contribution in [0.4, 0.5) is 11.5 Å². The summed E-state index contributed by atoms with van der Waals surface area (Å²) in [5.74, 6) is 0.385. The normalized spacial score (nSPS) is 14.8. The van der Waals surface area contributed by atoms with E-state index in [1.807, 2.05) is 39.1 Å². The van der Waals surface area contributed by atoms with Crippen molar-refractivity contribution in [3.05, 3.63) is 52.2 Å². The van der Waals surface area contributed by atoms with Crippen LogP contribution in [0.3, 0.4) is 0 Å². The first-order valence-electron chi connectivity index (χ1n) is 10.5. The number of amides is 1. The number of nitrogens with one attached hydrogen (secondary N) is 1. The van der Waals surface area contributed by atoms with Gasteiger partial charge in [-0.1, -0.05) is 25.3 Å². The van der Waals surface area contributed by atoms with Crippen LogP contribution in [0.1, 0.15) is 43.2 Å². The van der Waals surface area contributed by atoms with E-state index in [2.05, 4.69) is 20.3 Å². The number of anilines is 2. The summed E-state index contributed by atoms with van der Waals surface area (Å²) in [5.41, 5.74) is 2.98. The Bertz CT molecular complexity index is 1110. The minimum absolute atomic E-state index is 0.153. The summed E-state index contributed by atoms with van der Waals surface area (Å²) < 4.78 is 2.67. The summed E-state index contributed by atoms with van der Waals surface area (Å²) in [4.78, 5) is 32.0. The van der Waals surface area contributed by atoms with Crippen molar-refractivity contribution >= 4 is 23.1 Å². The predicted molar refractivity (Wildman–Crippen MR) is 117 cm³/mol. The highest BCUT2D eigenvalue weighted by Gasteiger charge is 2.23. The van der Waals surface area contributed by atoms with Crippen LogP contribution < -0.4 is 15.9 Å². The van der Waals surface area contributed by atoms with Crippen LogP contribution in [0.2, 0.25) is 0 Å². The van der Waals surface area contributed by atoms with Crippen LogP contribution in [-0.2, 0) is 11.3 Å². The molecule has 4 rings (SSSR count). The maximum atomic E-state index is 12.8. The molecule has 1 aliphatic carbocycles. The van der Waals surface area contributed by atoms with E-state index in [-0.39, 0.29) is 18.1 Å². The molecular weight excluding hydrogens is 380 g/mol. The molecule has 0 atom stereocenters. The molecule has 8 nitrogen and oxygen atoms in total. The lowest BCUT2D eigenvalue weighted by atomic mass is 9.94. The van der Waals surface area contributed by atoms with Gasteiger partial charge >= 0.3 is 5.69 Å². The van der Waals surface area contributed by atoms with E-state index in [0.717, 1.165) is 24.0 Å². The molecule has 0 bridgehead atoms. The molecule has 1 fully saturated rings. The van der Waals surface area contributed by atoms with Crippen LogP contribution in [0.25, 0.3) is 5.65 Å². The SMILES string of the molecule is Cc1cc(C)cc(NC(=O)Cn2nc3c(N(C)C4CCCCC4)nccn3c2=O)c1. The fourth-order valence-electron chi connectivity index (χ4n) is 4.31. The Labute approximate surface area is 175 Å². The molecular formula is C22H28N6O2. The van der Waals surface area contributed by atoms with Crippen LogP contribution in [0.15, 0.2) is 35.4 Å². The van der Waals surface area contributed by atoms with Crippen molar-refractivity contribution in [3.63, 3.8) is 0 Å². The topological polar surface area (TPSA) is 84.5 Å². The van der Waals surface area contributed by atoms with Crippen molar-refractivity contribution in [2.45, 2.75) is 58.5 Å².